The van der Waals surface area contributed by atoms with Crippen LogP contribution in [0.1, 0.15) is 316 Å². The van der Waals surface area contributed by atoms with Gasteiger partial charge < -0.3 is 20.3 Å². The number of hydrogen-bond acceptors (Lipinski definition) is 5. The Morgan fingerprint density at radius 1 is 0.406 bits per heavy atom. The summed E-state index contributed by atoms with van der Waals surface area (Å²) < 4.78 is 5.46. The van der Waals surface area contributed by atoms with Crippen molar-refractivity contribution in [3.8, 4) is 0 Å². The summed E-state index contributed by atoms with van der Waals surface area (Å²) >= 11 is 0. The monoisotopic (exact) mass is 968 g/mol. The van der Waals surface area contributed by atoms with Gasteiger partial charge in [-0.05, 0) is 96.3 Å². The van der Waals surface area contributed by atoms with Gasteiger partial charge in [-0.2, -0.15) is 0 Å². The van der Waals surface area contributed by atoms with Gasteiger partial charge in [0.05, 0.1) is 25.4 Å². The first-order chi connectivity index (χ1) is 34.0. The summed E-state index contributed by atoms with van der Waals surface area (Å²) in [6.07, 6.45) is 74.2. The maximum absolute atomic E-state index is 12.5. The maximum atomic E-state index is 12.5. The van der Waals surface area contributed by atoms with Gasteiger partial charge in [-0.3, -0.25) is 9.59 Å². The van der Waals surface area contributed by atoms with Crippen LogP contribution in [0, 0.1) is 0 Å². The van der Waals surface area contributed by atoms with Crippen LogP contribution in [0.5, 0.6) is 0 Å². The number of carbonyl (C=O) groups excluding carboxylic acids is 2. The zero-order chi connectivity index (χ0) is 50.0. The summed E-state index contributed by atoms with van der Waals surface area (Å²) in [6, 6.07) is -0.649. The summed E-state index contributed by atoms with van der Waals surface area (Å²) in [5.41, 5.74) is 0. The second-order valence-electron chi connectivity index (χ2n) is 20.7. The van der Waals surface area contributed by atoms with E-state index in [1.807, 2.05) is 6.08 Å². The van der Waals surface area contributed by atoms with Crippen molar-refractivity contribution in [2.75, 3.05) is 13.2 Å². The fourth-order valence-electron chi connectivity index (χ4n) is 9.13. The van der Waals surface area contributed by atoms with Crippen molar-refractivity contribution in [2.45, 2.75) is 328 Å². The Balaban J connectivity index is 3.53. The molecule has 0 aliphatic heterocycles. The fraction of sp³-hybridized carbons (Fsp3) is 0.841. The summed E-state index contributed by atoms with van der Waals surface area (Å²) in [6.45, 7) is 4.83. The Bertz CT molecular complexity index is 1160. The molecule has 0 saturated carbocycles. The number of aliphatic hydroxyl groups is 2. The first kappa shape index (κ1) is 66.8. The highest BCUT2D eigenvalue weighted by atomic mass is 16.5. The summed E-state index contributed by atoms with van der Waals surface area (Å²) in [5.74, 6) is -0.124. The predicted octanol–water partition coefficient (Wildman–Crippen LogP) is 19.0. The van der Waals surface area contributed by atoms with E-state index in [-0.39, 0.29) is 18.5 Å². The molecule has 0 aromatic heterocycles. The number of nitrogens with one attached hydrogen (secondary N) is 1. The van der Waals surface area contributed by atoms with Crippen molar-refractivity contribution in [1.29, 1.82) is 0 Å². The zero-order valence-corrected chi connectivity index (χ0v) is 46.0. The third-order valence-electron chi connectivity index (χ3n) is 13.8. The van der Waals surface area contributed by atoms with Gasteiger partial charge in [0.1, 0.15) is 0 Å². The number of unbranched alkanes of at least 4 members (excludes halogenated alkanes) is 39. The van der Waals surface area contributed by atoms with Gasteiger partial charge in [-0.1, -0.05) is 255 Å². The lowest BCUT2D eigenvalue weighted by atomic mass is 10.0. The number of allylic oxidation sites excluding steroid dienone is 7. The molecule has 0 spiro atoms. The van der Waals surface area contributed by atoms with Gasteiger partial charge in [-0.15, -0.1) is 0 Å². The first-order valence-corrected chi connectivity index (χ1v) is 30.4. The largest absolute Gasteiger partial charge is 0.466 e. The van der Waals surface area contributed by atoms with Crippen LogP contribution in [0.3, 0.4) is 0 Å². The van der Waals surface area contributed by atoms with E-state index in [1.54, 1.807) is 6.08 Å². The Kier molecular flexibility index (Phi) is 56.5. The minimum Gasteiger partial charge on any atom is -0.466 e. The van der Waals surface area contributed by atoms with Crippen molar-refractivity contribution in [1.82, 2.24) is 5.32 Å². The molecule has 404 valence electrons. The van der Waals surface area contributed by atoms with E-state index >= 15 is 0 Å². The highest BCUT2D eigenvalue weighted by Gasteiger charge is 2.18. The number of hydrogen-bond donors (Lipinski definition) is 3. The topological polar surface area (TPSA) is 95.9 Å². The third kappa shape index (κ3) is 55.0. The van der Waals surface area contributed by atoms with Crippen LogP contribution in [0.4, 0.5) is 0 Å². The first-order valence-electron chi connectivity index (χ1n) is 30.4. The molecule has 2 unspecified atom stereocenters. The molecule has 0 aliphatic carbocycles. The molecule has 0 rings (SSSR count). The van der Waals surface area contributed by atoms with Gasteiger partial charge in [0.25, 0.3) is 0 Å². The average molecular weight is 969 g/mol. The molecule has 0 saturated heterocycles. The summed E-state index contributed by atoms with van der Waals surface area (Å²) in [7, 11) is 0. The van der Waals surface area contributed by atoms with Gasteiger partial charge in [-0.25, -0.2) is 0 Å². The number of carbonyl (C=O) groups is 2. The molecule has 0 radical (unpaired) electrons. The Morgan fingerprint density at radius 2 is 0.725 bits per heavy atom. The quantitative estimate of drug-likeness (QED) is 0.0321. The Hall–Kier alpha value is -2.18. The molecule has 6 nitrogen and oxygen atoms in total. The molecule has 2 atom stereocenters. The molecule has 3 N–H and O–H groups in total. The Labute approximate surface area is 429 Å². The number of aliphatic hydroxyl groups excluding tert-OH is 2. The van der Waals surface area contributed by atoms with Crippen molar-refractivity contribution in [2.24, 2.45) is 0 Å². The number of rotatable bonds is 56. The lowest BCUT2D eigenvalue weighted by molar-refractivity contribution is -0.143. The molecule has 6 heteroatoms. The molecule has 0 bridgehead atoms. The normalized spacial score (nSPS) is 12.9. The molecular formula is C63H117NO5. The maximum Gasteiger partial charge on any atom is 0.305 e. The van der Waals surface area contributed by atoms with E-state index in [0.717, 1.165) is 89.9 Å². The van der Waals surface area contributed by atoms with Crippen LogP contribution in [0.15, 0.2) is 48.6 Å². The molecule has 1 amide bonds. The second-order valence-corrected chi connectivity index (χ2v) is 20.7. The van der Waals surface area contributed by atoms with Gasteiger partial charge in [0.15, 0.2) is 0 Å². The fourth-order valence-corrected chi connectivity index (χ4v) is 9.13. The lowest BCUT2D eigenvalue weighted by Gasteiger charge is -2.20. The molecule has 69 heavy (non-hydrogen) atoms. The van der Waals surface area contributed by atoms with Gasteiger partial charge >= 0.3 is 5.97 Å². The predicted molar refractivity (Wildman–Crippen MR) is 301 cm³/mol. The van der Waals surface area contributed by atoms with Gasteiger partial charge in [0.2, 0.25) is 5.91 Å². The molecular weight excluding hydrogens is 851 g/mol. The van der Waals surface area contributed by atoms with E-state index in [0.29, 0.717) is 19.4 Å². The van der Waals surface area contributed by atoms with Crippen LogP contribution >= 0.6 is 0 Å². The average Bonchev–Trinajstić information content (AvgIpc) is 3.35. The van der Waals surface area contributed by atoms with Crippen LogP contribution in [-0.4, -0.2) is 47.4 Å². The van der Waals surface area contributed by atoms with E-state index < -0.39 is 12.1 Å². The minimum absolute atomic E-state index is 0.0320. The van der Waals surface area contributed by atoms with Crippen molar-refractivity contribution in [3.05, 3.63) is 48.6 Å². The van der Waals surface area contributed by atoms with E-state index in [4.69, 9.17) is 4.74 Å². The Morgan fingerprint density at radius 3 is 1.14 bits per heavy atom. The number of esters is 1. The van der Waals surface area contributed by atoms with Crippen molar-refractivity contribution in [3.63, 3.8) is 0 Å². The van der Waals surface area contributed by atoms with E-state index in [2.05, 4.69) is 55.6 Å². The molecule has 0 aromatic carbocycles. The van der Waals surface area contributed by atoms with E-state index in [1.165, 1.54) is 199 Å². The zero-order valence-electron chi connectivity index (χ0n) is 46.0. The van der Waals surface area contributed by atoms with Crippen LogP contribution < -0.4 is 5.32 Å². The minimum atomic E-state index is -0.863. The summed E-state index contributed by atoms with van der Waals surface area (Å²) in [4.78, 5) is 24.6. The molecule has 0 aromatic rings. The number of amides is 1. The van der Waals surface area contributed by atoms with Crippen LogP contribution in [0.2, 0.25) is 0 Å². The molecule has 0 aliphatic rings. The molecule has 0 fully saturated rings. The van der Waals surface area contributed by atoms with Crippen molar-refractivity contribution < 1.29 is 24.5 Å². The standard InChI is InChI=1S/C63H117NO5/c1-3-5-7-9-11-13-15-17-19-21-22-23-24-25-26-28-29-31-35-39-43-47-51-55-61(66)60(59-65)64-62(67)56-52-48-44-40-36-33-34-38-42-46-50-54-58-69-63(68)57-53-49-45-41-37-32-30-27-20-18-16-14-12-10-8-6-4-2/h12,14,18,20,34,38,51,55,60-61,65-66H,3-11,13,15-17,19,21-33,35-37,39-50,52-54,56-59H2,1-2H3,(H,64,67)/b14-12-,20-18-,38-34-,55-51+. The van der Waals surface area contributed by atoms with Crippen molar-refractivity contribution >= 4 is 11.9 Å². The lowest BCUT2D eigenvalue weighted by Crippen LogP contribution is -2.45. The number of ether oxygens (including phenoxy) is 1. The SMILES string of the molecule is CCCCC/C=C\C/C=C\CCCCCCCCCC(=O)OCCCCC/C=C\CCCCCCCC(=O)NC(CO)C(O)/C=C/CCCCCCCCCCCCCCCCCCCCCCC. The smallest absolute Gasteiger partial charge is 0.305 e. The third-order valence-corrected chi connectivity index (χ3v) is 13.8. The van der Waals surface area contributed by atoms with Crippen LogP contribution in [0.25, 0.3) is 0 Å². The highest BCUT2D eigenvalue weighted by molar-refractivity contribution is 5.76. The highest BCUT2D eigenvalue weighted by Crippen LogP contribution is 2.17. The molecule has 0 heterocycles. The second kappa shape index (κ2) is 58.4. The van der Waals surface area contributed by atoms with E-state index in [9.17, 15) is 19.8 Å². The van der Waals surface area contributed by atoms with Crippen LogP contribution in [-0.2, 0) is 14.3 Å². The summed E-state index contributed by atoms with van der Waals surface area (Å²) in [5, 5.41) is 23.2. The van der Waals surface area contributed by atoms with Gasteiger partial charge in [0, 0.05) is 12.8 Å².